The Morgan fingerprint density at radius 1 is 0.562 bits per heavy atom. The third-order valence-electron chi connectivity index (χ3n) is 7.03. The first kappa shape index (κ1) is 33.3. The molecule has 48 heavy (non-hydrogen) atoms. The van der Waals surface area contributed by atoms with Gasteiger partial charge in [0.1, 0.15) is 0 Å². The number of Topliss-reactive ketones (excluding diaryl/α,β-unsaturated/α-hetero) is 1. The molecule has 0 heterocycles. The maximum atomic E-state index is 13.0. The van der Waals surface area contributed by atoms with Crippen LogP contribution in [-0.2, 0) is 19.8 Å². The summed E-state index contributed by atoms with van der Waals surface area (Å²) in [5.41, 5.74) is 0.370. The summed E-state index contributed by atoms with van der Waals surface area (Å²) in [6.45, 7) is 0. The number of hydrogen-bond donors (Lipinski definition) is 4. The molecule has 2 aliphatic carbocycles. The number of aromatic hydroxyl groups is 2. The minimum Gasteiger partial charge on any atom is -0.184 e. The molecule has 7 nitrogen and oxygen atoms in total. The van der Waals surface area contributed by atoms with Crippen LogP contribution in [0.5, 0.6) is 11.5 Å². The minimum absolute atomic E-state index is 0.171. The van der Waals surface area contributed by atoms with Crippen molar-refractivity contribution in [1.82, 2.24) is 0 Å². The summed E-state index contributed by atoms with van der Waals surface area (Å²) in [5, 5.41) is 55.0. The Labute approximate surface area is 285 Å². The number of hydrogen-bond acceptors (Lipinski definition) is 7. The van der Waals surface area contributed by atoms with Crippen molar-refractivity contribution >= 4 is 32.9 Å². The van der Waals surface area contributed by atoms with E-state index >= 15 is 0 Å². The first-order chi connectivity index (χ1) is 23.3. The molecule has 5 aromatic rings. The summed E-state index contributed by atoms with van der Waals surface area (Å²) >= 11 is 4.58. The number of ketones is 1. The van der Waals surface area contributed by atoms with Crippen LogP contribution in [0.2, 0.25) is 0 Å². The Hall–Kier alpha value is -6.11. The molecule has 0 amide bonds. The van der Waals surface area contributed by atoms with Gasteiger partial charge in [0.25, 0.3) is 0 Å². The average molecular weight is 677 g/mol. The number of benzene rings is 5. The quantitative estimate of drug-likeness (QED) is 0.0909. The maximum Gasteiger partial charge on any atom is -0.171 e. The molecule has 0 atom stereocenters. The molecule has 0 saturated heterocycles. The van der Waals surface area contributed by atoms with Crippen LogP contribution < -0.4 is 10.0 Å². The number of anilines is 3. The Morgan fingerprint density at radius 3 is 1.33 bits per heavy atom. The maximum absolute atomic E-state index is 13.0. The predicted octanol–water partition coefficient (Wildman–Crippen LogP) is 7.11. The van der Waals surface area contributed by atoms with Gasteiger partial charge in [-0.25, -0.2) is 0 Å². The van der Waals surface area contributed by atoms with Gasteiger partial charge < -0.3 is 0 Å². The number of aliphatic hydroxyl groups is 2. The number of aliphatic hydroxyl groups excluding tert-OH is 2. The van der Waals surface area contributed by atoms with Crippen LogP contribution in [-0.4, -0.2) is 30.7 Å². The largest absolute Gasteiger partial charge is 0.184 e. The molecule has 0 aromatic heterocycles. The zero-order valence-corrected chi connectivity index (χ0v) is 26.2. The van der Waals surface area contributed by atoms with E-state index in [0.717, 1.165) is 23.5 Å². The summed E-state index contributed by atoms with van der Waals surface area (Å²) in [4.78, 5) is 14.8. The monoisotopic (exact) mass is 676 g/mol. The molecule has 0 bridgehead atoms. The Balaban J connectivity index is 0.000000314. The van der Waals surface area contributed by atoms with E-state index in [9.17, 15) is 30.3 Å². The van der Waals surface area contributed by atoms with E-state index in [1.165, 1.54) is 12.1 Å². The van der Waals surface area contributed by atoms with Crippen LogP contribution in [0.1, 0.15) is 5.56 Å². The molecule has 8 heteroatoms. The smallest absolute Gasteiger partial charge is 0.171 e. The van der Waals surface area contributed by atoms with E-state index in [-0.39, 0.29) is 15.6 Å². The van der Waals surface area contributed by atoms with Gasteiger partial charge in [0, 0.05) is 11.4 Å². The standard InChI is InChI=1S/C28H19NO6.2C6H5.Ni/c30-19-12-7-13-20(31)23(19)25-27(34)26(28(25)35)24-21(32)14-18(15-22(24)33)29(16-8-3-1-4-9-16)17-10-5-2-6-11-17;2*1-2-4-6-5-3-1;/h1-6,8-15,30-34H;2*1-5H;/q;2*-1;/p-1. The van der Waals surface area contributed by atoms with Gasteiger partial charge in [0.2, 0.25) is 0 Å². The second-order valence-electron chi connectivity index (χ2n) is 10.2. The number of nitrogens with zero attached hydrogens (tertiary/aromatic N) is 1. The number of phenols is 2. The van der Waals surface area contributed by atoms with Crippen molar-refractivity contribution in [2.24, 2.45) is 0 Å². The predicted molar refractivity (Wildman–Crippen MR) is 180 cm³/mol. The van der Waals surface area contributed by atoms with E-state index in [2.05, 4.69) is 27.2 Å². The fourth-order valence-electron chi connectivity index (χ4n) is 4.93. The number of rotatable bonds is 4. The van der Waals surface area contributed by atoms with Crippen molar-refractivity contribution in [2.75, 3.05) is 4.90 Å². The van der Waals surface area contributed by atoms with Gasteiger partial charge in [0.15, 0.2) is 0 Å². The number of para-hydroxylation sites is 2. The molecular formula is C40H28NNiO6-3. The Morgan fingerprint density at radius 2 is 0.979 bits per heavy atom. The first-order valence-corrected chi connectivity index (χ1v) is 15.1. The molecule has 7 rings (SSSR count). The Kier molecular flexibility index (Phi) is 10.7. The Bertz CT molecular complexity index is 1870. The van der Waals surface area contributed by atoms with Gasteiger partial charge in [-0.1, -0.05) is 36.4 Å². The van der Waals surface area contributed by atoms with E-state index in [1.54, 1.807) is 4.90 Å². The molecule has 0 unspecified atom stereocenters. The second-order valence-corrected chi connectivity index (χ2v) is 10.8. The van der Waals surface area contributed by atoms with Gasteiger partial charge in [-0.05, 0) is 24.3 Å². The fraction of sp³-hybridized carbons (Fsp3) is 0. The number of carbonyl (C=O) groups is 1. The van der Waals surface area contributed by atoms with Crippen molar-refractivity contribution < 1.29 is 45.4 Å². The van der Waals surface area contributed by atoms with Crippen molar-refractivity contribution in [1.29, 1.82) is 0 Å². The summed E-state index contributed by atoms with van der Waals surface area (Å²) in [5.74, 6) is -3.61. The van der Waals surface area contributed by atoms with Crippen molar-refractivity contribution in [3.8, 4) is 11.5 Å². The SMILES string of the molecule is O=C1C(=C2C(O)=C[C](=[Ni])C=C2O)C([O-])=C1c1c(O)cc(N(c2ccccc2)c2ccccc2)cc1O.[c-]1ccccc1.[c-]1ccccc1. The van der Waals surface area contributed by atoms with Crippen molar-refractivity contribution in [2.45, 2.75) is 0 Å². The summed E-state index contributed by atoms with van der Waals surface area (Å²) in [6.07, 6.45) is 2.32. The van der Waals surface area contributed by atoms with Gasteiger partial charge in [-0.3, -0.25) is 0 Å². The summed E-state index contributed by atoms with van der Waals surface area (Å²) in [7, 11) is 0. The zero-order chi connectivity index (χ0) is 34.0. The van der Waals surface area contributed by atoms with Crippen LogP contribution in [0, 0.1) is 12.1 Å². The van der Waals surface area contributed by atoms with Crippen LogP contribution in [0.3, 0.4) is 0 Å². The topological polar surface area (TPSA) is 124 Å². The van der Waals surface area contributed by atoms with Crippen molar-refractivity contribution in [3.05, 3.63) is 192 Å². The number of allylic oxidation sites excluding steroid dienone is 4. The molecule has 5 aromatic carbocycles. The van der Waals surface area contributed by atoms with Gasteiger partial charge in [-0.15, -0.1) is 0 Å². The van der Waals surface area contributed by atoms with E-state index in [1.807, 2.05) is 121 Å². The fourth-order valence-corrected chi connectivity index (χ4v) is 5.20. The average Bonchev–Trinajstić information content (AvgIpc) is 3.11. The van der Waals surface area contributed by atoms with Crippen LogP contribution in [0.4, 0.5) is 17.1 Å². The van der Waals surface area contributed by atoms with Crippen LogP contribution in [0.15, 0.2) is 174 Å². The summed E-state index contributed by atoms with van der Waals surface area (Å²) in [6, 6.07) is 46.3. The second kappa shape index (κ2) is 15.5. The van der Waals surface area contributed by atoms with E-state index < -0.39 is 45.7 Å². The molecular weight excluding hydrogens is 649 g/mol. The number of phenolic OH excluding ortho intramolecular Hbond substituents is 2. The van der Waals surface area contributed by atoms with Crippen LogP contribution in [0.25, 0.3) is 5.57 Å². The normalized spacial score (nSPS) is 13.6. The van der Waals surface area contributed by atoms with Crippen molar-refractivity contribution in [3.63, 3.8) is 0 Å². The molecule has 0 saturated carbocycles. The van der Waals surface area contributed by atoms with E-state index in [4.69, 9.17) is 0 Å². The van der Waals surface area contributed by atoms with Crippen LogP contribution >= 0.6 is 0 Å². The molecule has 0 spiro atoms. The molecule has 0 aliphatic heterocycles. The number of carbonyl (C=O) groups excluding carboxylic acids is 1. The molecule has 242 valence electrons. The van der Waals surface area contributed by atoms with E-state index in [0.29, 0.717) is 5.69 Å². The minimum atomic E-state index is -0.826. The molecule has 0 fully saturated rings. The zero-order valence-electron chi connectivity index (χ0n) is 25.2. The van der Waals surface area contributed by atoms with Gasteiger partial charge in [-0.2, -0.15) is 72.8 Å². The molecule has 2 aliphatic rings. The third-order valence-corrected chi connectivity index (χ3v) is 7.32. The van der Waals surface area contributed by atoms with Gasteiger partial charge >= 0.3 is 142 Å². The first-order valence-electron chi connectivity index (χ1n) is 14.6. The molecule has 0 radical (unpaired) electrons. The van der Waals surface area contributed by atoms with Gasteiger partial charge in [0.05, 0.1) is 0 Å². The summed E-state index contributed by atoms with van der Waals surface area (Å²) < 4.78 is 0.171. The third kappa shape index (κ3) is 7.47. The molecule has 4 N–H and O–H groups in total.